The van der Waals surface area contributed by atoms with Crippen molar-refractivity contribution in [2.24, 2.45) is 0 Å². The average Bonchev–Trinajstić information content (AvgIpc) is 3.05. The van der Waals surface area contributed by atoms with Gasteiger partial charge < -0.3 is 9.84 Å². The number of carbonyl (C=O) groups is 1. The molecule has 31 heavy (non-hydrogen) atoms. The molecule has 0 atom stereocenters. The van der Waals surface area contributed by atoms with Gasteiger partial charge in [0.2, 0.25) is 0 Å². The number of nitrogens with zero attached hydrogens (tertiary/aromatic N) is 3. The Hall–Kier alpha value is -2.86. The monoisotopic (exact) mass is 471 g/mol. The van der Waals surface area contributed by atoms with Gasteiger partial charge in [0.25, 0.3) is 0 Å². The molecular formula is C19H16F3N3O4S2. The number of rotatable bonds is 8. The lowest BCUT2D eigenvalue weighted by Gasteiger charge is -2.09. The van der Waals surface area contributed by atoms with E-state index in [2.05, 4.69) is 5.10 Å². The molecule has 0 saturated heterocycles. The molecule has 12 heteroatoms. The Morgan fingerprint density at radius 1 is 1.16 bits per heavy atom. The predicted molar refractivity (Wildman–Crippen MR) is 110 cm³/mol. The fourth-order valence-electron chi connectivity index (χ4n) is 2.56. The van der Waals surface area contributed by atoms with Crippen LogP contribution in [0.3, 0.4) is 0 Å². The maximum Gasteiger partial charge on any atom is 0.446 e. The lowest BCUT2D eigenvalue weighted by atomic mass is 10.2. The highest BCUT2D eigenvalue weighted by Gasteiger charge is 2.29. The van der Waals surface area contributed by atoms with Crippen molar-refractivity contribution in [3.63, 3.8) is 0 Å². The fourth-order valence-corrected chi connectivity index (χ4v) is 3.97. The normalized spacial score (nSPS) is 11.5. The van der Waals surface area contributed by atoms with E-state index < -0.39 is 23.8 Å². The van der Waals surface area contributed by atoms with Crippen LogP contribution < -0.4 is 10.4 Å². The van der Waals surface area contributed by atoms with E-state index in [-0.39, 0.29) is 22.5 Å². The molecule has 0 saturated carbocycles. The number of carboxylic acids is 1. The zero-order valence-corrected chi connectivity index (χ0v) is 17.6. The van der Waals surface area contributed by atoms with E-state index in [1.165, 1.54) is 51.6 Å². The number of ether oxygens (including phenoxy) is 1. The second-order valence-corrected chi connectivity index (χ2v) is 8.36. The maximum absolute atomic E-state index is 12.6. The van der Waals surface area contributed by atoms with Gasteiger partial charge >= 0.3 is 17.2 Å². The van der Waals surface area contributed by atoms with Gasteiger partial charge in [0.1, 0.15) is 12.1 Å². The molecule has 0 bridgehead atoms. The first-order chi connectivity index (χ1) is 14.6. The number of hydrogen-bond donors (Lipinski definition) is 1. The molecule has 0 radical (unpaired) electrons. The third kappa shape index (κ3) is 6.31. The van der Waals surface area contributed by atoms with Gasteiger partial charge in [0, 0.05) is 9.79 Å². The topological polar surface area (TPSA) is 86.4 Å². The number of halogens is 3. The Labute approximate surface area is 182 Å². The lowest BCUT2D eigenvalue weighted by molar-refractivity contribution is -0.139. The van der Waals surface area contributed by atoms with Gasteiger partial charge in [0.15, 0.2) is 6.61 Å². The van der Waals surface area contributed by atoms with Crippen molar-refractivity contribution in [1.29, 1.82) is 0 Å². The quantitative estimate of drug-likeness (QED) is 0.494. The molecule has 3 aromatic rings. The summed E-state index contributed by atoms with van der Waals surface area (Å²) in [5.74, 6) is -0.398. The van der Waals surface area contributed by atoms with Crippen LogP contribution >= 0.6 is 23.5 Å². The largest absolute Gasteiger partial charge is 0.482 e. The first-order valence-corrected chi connectivity index (χ1v) is 10.5. The van der Waals surface area contributed by atoms with Crippen molar-refractivity contribution in [1.82, 2.24) is 14.3 Å². The van der Waals surface area contributed by atoms with E-state index in [4.69, 9.17) is 9.84 Å². The summed E-state index contributed by atoms with van der Waals surface area (Å²) < 4.78 is 45.0. The molecule has 2 aromatic carbocycles. The first-order valence-electron chi connectivity index (χ1n) is 8.71. The highest BCUT2D eigenvalue weighted by Crippen LogP contribution is 2.36. The van der Waals surface area contributed by atoms with Crippen molar-refractivity contribution >= 4 is 29.5 Å². The van der Waals surface area contributed by atoms with Gasteiger partial charge in [-0.25, -0.2) is 18.8 Å². The lowest BCUT2D eigenvalue weighted by Crippen LogP contribution is -2.23. The highest BCUT2D eigenvalue weighted by atomic mass is 32.2. The Balaban J connectivity index is 1.66. The van der Waals surface area contributed by atoms with Crippen LogP contribution in [0, 0.1) is 6.92 Å². The van der Waals surface area contributed by atoms with Crippen molar-refractivity contribution < 1.29 is 27.8 Å². The summed E-state index contributed by atoms with van der Waals surface area (Å²) in [6.07, 6.45) is 1.31. The van der Waals surface area contributed by atoms with Crippen LogP contribution in [0.4, 0.5) is 13.2 Å². The molecule has 164 valence electrons. The second-order valence-electron chi connectivity index (χ2n) is 6.21. The Kier molecular flexibility index (Phi) is 7.01. The van der Waals surface area contributed by atoms with Gasteiger partial charge in [-0.05, 0) is 66.7 Å². The van der Waals surface area contributed by atoms with E-state index in [9.17, 15) is 22.8 Å². The highest BCUT2D eigenvalue weighted by molar-refractivity contribution is 8.00. The minimum Gasteiger partial charge on any atom is -0.482 e. The van der Waals surface area contributed by atoms with E-state index >= 15 is 0 Å². The van der Waals surface area contributed by atoms with Crippen molar-refractivity contribution in [2.45, 2.75) is 28.1 Å². The summed E-state index contributed by atoms with van der Waals surface area (Å²) in [5.41, 5.74) is -3.65. The molecule has 0 fully saturated rings. The van der Waals surface area contributed by atoms with Crippen LogP contribution in [0.15, 0.2) is 63.4 Å². The standard InChI is InChI=1S/C19H16F3N3O4S2/c1-12-8-15(6-7-16(12)29-9-17(26)27)30-11-25-18(28)24(10-23-25)13-2-4-14(5-3-13)31-19(20,21)22/h2-8,10H,9,11H2,1H3,(H,26,27). The molecule has 0 aliphatic rings. The molecule has 0 unspecified atom stereocenters. The number of aryl methyl sites for hydroxylation is 1. The molecule has 1 heterocycles. The number of carboxylic acid groups (broad SMARTS) is 1. The van der Waals surface area contributed by atoms with Gasteiger partial charge in [-0.3, -0.25) is 0 Å². The summed E-state index contributed by atoms with van der Waals surface area (Å²) >= 11 is 1.12. The maximum atomic E-state index is 12.6. The van der Waals surface area contributed by atoms with Gasteiger partial charge in [-0.15, -0.1) is 11.8 Å². The smallest absolute Gasteiger partial charge is 0.446 e. The van der Waals surface area contributed by atoms with Gasteiger partial charge in [0.05, 0.1) is 11.6 Å². The van der Waals surface area contributed by atoms with Crippen molar-refractivity contribution in [3.8, 4) is 11.4 Å². The van der Waals surface area contributed by atoms with E-state index in [0.29, 0.717) is 11.4 Å². The summed E-state index contributed by atoms with van der Waals surface area (Å²) in [7, 11) is 0. The van der Waals surface area contributed by atoms with Crippen LogP contribution in [0.2, 0.25) is 0 Å². The molecule has 1 N–H and O–H groups in total. The van der Waals surface area contributed by atoms with Crippen LogP contribution in [0.1, 0.15) is 5.56 Å². The molecule has 3 rings (SSSR count). The number of hydrogen-bond acceptors (Lipinski definition) is 6. The second kappa shape index (κ2) is 9.52. The van der Waals surface area contributed by atoms with E-state index in [1.54, 1.807) is 25.1 Å². The minimum atomic E-state index is -4.38. The van der Waals surface area contributed by atoms with Gasteiger partial charge in [-0.1, -0.05) is 0 Å². The Morgan fingerprint density at radius 3 is 2.45 bits per heavy atom. The summed E-state index contributed by atoms with van der Waals surface area (Å²) in [6, 6.07) is 10.6. The fraction of sp³-hybridized carbons (Fsp3) is 0.211. The third-order valence-corrected chi connectivity index (χ3v) is 5.63. The molecule has 0 amide bonds. The SMILES string of the molecule is Cc1cc(SCn2ncn(-c3ccc(SC(F)(F)F)cc3)c2=O)ccc1OCC(=O)O. The Morgan fingerprint density at radius 2 is 1.84 bits per heavy atom. The van der Waals surface area contributed by atoms with Crippen LogP contribution in [-0.2, 0) is 10.7 Å². The molecule has 0 aliphatic heterocycles. The predicted octanol–water partition coefficient (Wildman–Crippen LogP) is 4.17. The summed E-state index contributed by atoms with van der Waals surface area (Å²) in [4.78, 5) is 24.0. The van der Waals surface area contributed by atoms with Crippen LogP contribution in [0.5, 0.6) is 5.75 Å². The zero-order valence-electron chi connectivity index (χ0n) is 16.0. The Bertz CT molecular complexity index is 1130. The summed E-state index contributed by atoms with van der Waals surface area (Å²) in [5, 5.41) is 12.7. The van der Waals surface area contributed by atoms with Crippen LogP contribution in [0.25, 0.3) is 5.69 Å². The summed E-state index contributed by atoms with van der Waals surface area (Å²) in [6.45, 7) is 1.35. The molecule has 0 spiro atoms. The van der Waals surface area contributed by atoms with Gasteiger partial charge in [-0.2, -0.15) is 18.3 Å². The number of thioether (sulfide) groups is 2. The molecule has 0 aliphatic carbocycles. The first kappa shape index (κ1) is 22.8. The van der Waals surface area contributed by atoms with E-state index in [0.717, 1.165) is 10.5 Å². The number of benzene rings is 2. The number of alkyl halides is 3. The van der Waals surface area contributed by atoms with E-state index in [1.807, 2.05) is 0 Å². The van der Waals surface area contributed by atoms with Crippen LogP contribution in [-0.4, -0.2) is 37.5 Å². The number of aliphatic carboxylic acids is 1. The zero-order chi connectivity index (χ0) is 22.6. The molecule has 1 aromatic heterocycles. The van der Waals surface area contributed by atoms with Crippen molar-refractivity contribution in [2.75, 3.05) is 6.61 Å². The molecular weight excluding hydrogens is 455 g/mol. The molecule has 7 nitrogen and oxygen atoms in total. The average molecular weight is 471 g/mol. The minimum absolute atomic E-state index is 0.0263. The van der Waals surface area contributed by atoms with Crippen molar-refractivity contribution in [3.05, 3.63) is 64.8 Å². The third-order valence-electron chi connectivity index (χ3n) is 3.93. The number of aromatic nitrogens is 3.